The van der Waals surface area contributed by atoms with Crippen LogP contribution >= 0.6 is 11.8 Å². The molecule has 1 heterocycles. The second-order valence-electron chi connectivity index (χ2n) is 8.00. The summed E-state index contributed by atoms with van der Waals surface area (Å²) in [6.07, 6.45) is 1.13. The maximum absolute atomic E-state index is 12.7. The Bertz CT molecular complexity index is 1080. The van der Waals surface area contributed by atoms with Crippen LogP contribution in [0.4, 0.5) is 17.1 Å². The lowest BCUT2D eigenvalue weighted by Gasteiger charge is -2.25. The third kappa shape index (κ3) is 5.14. The lowest BCUT2D eigenvalue weighted by Crippen LogP contribution is -2.27. The van der Waals surface area contributed by atoms with Gasteiger partial charge in [-0.2, -0.15) is 0 Å². The summed E-state index contributed by atoms with van der Waals surface area (Å²) >= 11 is 1.61. The van der Waals surface area contributed by atoms with Gasteiger partial charge in [0.1, 0.15) is 5.37 Å². The number of anilines is 3. The van der Waals surface area contributed by atoms with Crippen LogP contribution in [-0.4, -0.2) is 31.7 Å². The Morgan fingerprint density at radius 2 is 1.78 bits per heavy atom. The number of amides is 2. The van der Waals surface area contributed by atoms with Crippen molar-refractivity contribution in [3.8, 4) is 0 Å². The third-order valence-corrected chi connectivity index (χ3v) is 6.66. The van der Waals surface area contributed by atoms with Crippen molar-refractivity contribution >= 4 is 40.6 Å². The van der Waals surface area contributed by atoms with Crippen molar-refractivity contribution in [3.05, 3.63) is 90.0 Å². The molecule has 2 amide bonds. The molecule has 1 N–H and O–H groups in total. The average Bonchev–Trinajstić information content (AvgIpc) is 3.20. The number of nitrogens with zero attached hydrogens (tertiary/aromatic N) is 2. The predicted octanol–water partition coefficient (Wildman–Crippen LogP) is 5.10. The van der Waals surface area contributed by atoms with Crippen molar-refractivity contribution in [2.45, 2.75) is 18.2 Å². The first-order chi connectivity index (χ1) is 15.5. The standard InChI is InChI=1S/C26H27N3O2S/c1-28(2)22-12-14-23(15-13-22)29-25(31)18-32-26(29)20-9-6-10-21(17-20)27-24(30)16-11-19-7-4-3-5-8-19/h3-10,12-15,17,26H,11,16,18H2,1-2H3,(H,27,30)/t26-/m0/s1. The molecule has 6 heteroatoms. The number of carbonyl (C=O) groups is 2. The number of hydrogen-bond donors (Lipinski definition) is 1. The minimum absolute atomic E-state index is 0.0164. The maximum atomic E-state index is 12.7. The number of aryl methyl sites for hydroxylation is 1. The zero-order valence-electron chi connectivity index (χ0n) is 18.3. The Balaban J connectivity index is 1.46. The van der Waals surface area contributed by atoms with Gasteiger partial charge in [0, 0.05) is 37.6 Å². The largest absolute Gasteiger partial charge is 0.378 e. The van der Waals surface area contributed by atoms with E-state index in [1.54, 1.807) is 11.8 Å². The molecule has 1 aliphatic rings. The minimum atomic E-state index is -0.117. The number of benzene rings is 3. The Morgan fingerprint density at radius 1 is 1.03 bits per heavy atom. The van der Waals surface area contributed by atoms with E-state index in [1.165, 1.54) is 0 Å². The summed E-state index contributed by atoms with van der Waals surface area (Å²) in [6, 6.07) is 25.8. The average molecular weight is 446 g/mol. The van der Waals surface area contributed by atoms with Gasteiger partial charge in [0.25, 0.3) is 0 Å². The molecule has 0 saturated carbocycles. The lowest BCUT2D eigenvalue weighted by molar-refractivity contribution is -0.116. The molecule has 4 rings (SSSR count). The molecule has 0 radical (unpaired) electrons. The second-order valence-corrected chi connectivity index (χ2v) is 9.07. The van der Waals surface area contributed by atoms with Crippen molar-refractivity contribution in [1.29, 1.82) is 0 Å². The number of hydrogen-bond acceptors (Lipinski definition) is 4. The molecule has 0 unspecified atom stereocenters. The highest BCUT2D eigenvalue weighted by atomic mass is 32.2. The molecule has 0 aromatic heterocycles. The zero-order chi connectivity index (χ0) is 22.5. The van der Waals surface area contributed by atoms with E-state index in [4.69, 9.17) is 0 Å². The Labute approximate surface area is 193 Å². The molecule has 5 nitrogen and oxygen atoms in total. The summed E-state index contributed by atoms with van der Waals surface area (Å²) in [5.41, 5.74) is 4.87. The summed E-state index contributed by atoms with van der Waals surface area (Å²) in [7, 11) is 3.99. The van der Waals surface area contributed by atoms with Crippen LogP contribution in [0, 0.1) is 0 Å². The fourth-order valence-electron chi connectivity index (χ4n) is 3.76. The number of carbonyl (C=O) groups excluding carboxylic acids is 2. The van der Waals surface area contributed by atoms with Crippen LogP contribution in [0.2, 0.25) is 0 Å². The van der Waals surface area contributed by atoms with Gasteiger partial charge in [0.15, 0.2) is 0 Å². The summed E-state index contributed by atoms with van der Waals surface area (Å²) in [6.45, 7) is 0. The van der Waals surface area contributed by atoms with E-state index in [9.17, 15) is 9.59 Å². The summed E-state index contributed by atoms with van der Waals surface area (Å²) in [5.74, 6) is 0.514. The Morgan fingerprint density at radius 3 is 2.50 bits per heavy atom. The van der Waals surface area contributed by atoms with Crippen molar-refractivity contribution in [2.75, 3.05) is 35.0 Å². The van der Waals surface area contributed by atoms with Crippen molar-refractivity contribution in [2.24, 2.45) is 0 Å². The highest BCUT2D eigenvalue weighted by molar-refractivity contribution is 8.00. The van der Waals surface area contributed by atoms with Crippen LogP contribution in [0.3, 0.4) is 0 Å². The molecule has 0 spiro atoms. The first-order valence-corrected chi connectivity index (χ1v) is 11.7. The predicted molar refractivity (Wildman–Crippen MR) is 133 cm³/mol. The van der Waals surface area contributed by atoms with Gasteiger partial charge in [0.2, 0.25) is 11.8 Å². The molecule has 1 aliphatic heterocycles. The molecule has 32 heavy (non-hydrogen) atoms. The molecule has 1 fully saturated rings. The highest BCUT2D eigenvalue weighted by Crippen LogP contribution is 2.42. The maximum Gasteiger partial charge on any atom is 0.238 e. The number of nitrogens with one attached hydrogen (secondary N) is 1. The SMILES string of the molecule is CN(C)c1ccc(N2C(=O)CS[C@H]2c2cccc(NC(=O)CCc3ccccc3)c2)cc1. The normalized spacial score (nSPS) is 15.6. The van der Waals surface area contributed by atoms with Crippen LogP contribution in [0.15, 0.2) is 78.9 Å². The van der Waals surface area contributed by atoms with Gasteiger partial charge in [-0.25, -0.2) is 0 Å². The molecule has 1 atom stereocenters. The van der Waals surface area contributed by atoms with Gasteiger partial charge >= 0.3 is 0 Å². The van der Waals surface area contributed by atoms with E-state index in [0.29, 0.717) is 18.6 Å². The van der Waals surface area contributed by atoms with E-state index in [2.05, 4.69) is 5.32 Å². The topological polar surface area (TPSA) is 52.6 Å². The number of rotatable bonds is 7. The van der Waals surface area contributed by atoms with Crippen LogP contribution < -0.4 is 15.1 Å². The fourth-order valence-corrected chi connectivity index (χ4v) is 4.92. The molecule has 3 aromatic carbocycles. The van der Waals surface area contributed by atoms with Crippen LogP contribution in [0.1, 0.15) is 22.9 Å². The monoisotopic (exact) mass is 445 g/mol. The van der Waals surface area contributed by atoms with Crippen LogP contribution in [0.5, 0.6) is 0 Å². The quantitative estimate of drug-likeness (QED) is 0.550. The first-order valence-electron chi connectivity index (χ1n) is 10.7. The van der Waals surface area contributed by atoms with Crippen LogP contribution in [0.25, 0.3) is 0 Å². The van der Waals surface area contributed by atoms with Crippen molar-refractivity contribution in [3.63, 3.8) is 0 Å². The molecule has 3 aromatic rings. The third-order valence-electron chi connectivity index (χ3n) is 5.45. The van der Waals surface area contributed by atoms with E-state index in [-0.39, 0.29) is 17.2 Å². The number of thioether (sulfide) groups is 1. The Kier molecular flexibility index (Phi) is 6.81. The lowest BCUT2D eigenvalue weighted by atomic mass is 10.1. The Hall–Kier alpha value is -3.25. The van der Waals surface area contributed by atoms with E-state index in [1.807, 2.05) is 103 Å². The van der Waals surface area contributed by atoms with Crippen LogP contribution in [-0.2, 0) is 16.0 Å². The zero-order valence-corrected chi connectivity index (χ0v) is 19.1. The van der Waals surface area contributed by atoms with E-state index in [0.717, 1.165) is 28.2 Å². The van der Waals surface area contributed by atoms with Crippen molar-refractivity contribution in [1.82, 2.24) is 0 Å². The van der Waals surface area contributed by atoms with Gasteiger partial charge in [-0.3, -0.25) is 14.5 Å². The van der Waals surface area contributed by atoms with Gasteiger partial charge in [-0.15, -0.1) is 11.8 Å². The van der Waals surface area contributed by atoms with Crippen molar-refractivity contribution < 1.29 is 9.59 Å². The minimum Gasteiger partial charge on any atom is -0.378 e. The van der Waals surface area contributed by atoms with Gasteiger partial charge in [-0.1, -0.05) is 42.5 Å². The van der Waals surface area contributed by atoms with E-state index < -0.39 is 0 Å². The molecule has 1 saturated heterocycles. The summed E-state index contributed by atoms with van der Waals surface area (Å²) in [5, 5.41) is 2.89. The summed E-state index contributed by atoms with van der Waals surface area (Å²) < 4.78 is 0. The first kappa shape index (κ1) is 22.0. The van der Waals surface area contributed by atoms with Gasteiger partial charge in [-0.05, 0) is 53.9 Å². The highest BCUT2D eigenvalue weighted by Gasteiger charge is 2.34. The van der Waals surface area contributed by atoms with Gasteiger partial charge in [0.05, 0.1) is 5.75 Å². The molecule has 0 aliphatic carbocycles. The fraction of sp³-hybridized carbons (Fsp3) is 0.231. The summed E-state index contributed by atoms with van der Waals surface area (Å²) in [4.78, 5) is 29.0. The molecular formula is C26H27N3O2S. The smallest absolute Gasteiger partial charge is 0.238 e. The van der Waals surface area contributed by atoms with E-state index >= 15 is 0 Å². The molecule has 0 bridgehead atoms. The molecular weight excluding hydrogens is 418 g/mol. The second kappa shape index (κ2) is 9.92. The molecule has 164 valence electrons. The van der Waals surface area contributed by atoms with Gasteiger partial charge < -0.3 is 10.2 Å².